The van der Waals surface area contributed by atoms with E-state index in [-0.39, 0.29) is 0 Å². The Hall–Kier alpha value is -2.74. The molecule has 26 heavy (non-hydrogen) atoms. The SMILES string of the molecule is CCOc1ccc(Br)cc1C=NNC(=O)CC(=O)Nc1ccc(F)cc1. The van der Waals surface area contributed by atoms with E-state index in [1.54, 1.807) is 12.1 Å². The van der Waals surface area contributed by atoms with Gasteiger partial charge in [0.2, 0.25) is 11.8 Å². The van der Waals surface area contributed by atoms with Crippen LogP contribution in [0.15, 0.2) is 52.0 Å². The third kappa shape index (κ3) is 6.29. The molecule has 6 nitrogen and oxygen atoms in total. The van der Waals surface area contributed by atoms with E-state index in [1.807, 2.05) is 13.0 Å². The fraction of sp³-hybridized carbons (Fsp3) is 0.167. The second-order valence-corrected chi connectivity index (χ2v) is 6.06. The Morgan fingerprint density at radius 1 is 1.19 bits per heavy atom. The van der Waals surface area contributed by atoms with E-state index >= 15 is 0 Å². The number of benzene rings is 2. The van der Waals surface area contributed by atoms with Gasteiger partial charge in [-0.25, -0.2) is 9.82 Å². The van der Waals surface area contributed by atoms with Crippen LogP contribution in [-0.4, -0.2) is 24.6 Å². The number of hydrogen-bond donors (Lipinski definition) is 2. The lowest BCUT2D eigenvalue weighted by Gasteiger charge is -2.07. The first kappa shape index (κ1) is 19.6. The average molecular weight is 422 g/mol. The Bertz CT molecular complexity index is 810. The molecular weight excluding hydrogens is 405 g/mol. The summed E-state index contributed by atoms with van der Waals surface area (Å²) in [4.78, 5) is 23.6. The summed E-state index contributed by atoms with van der Waals surface area (Å²) in [6, 6.07) is 10.7. The van der Waals surface area contributed by atoms with Gasteiger partial charge in [-0.3, -0.25) is 9.59 Å². The highest BCUT2D eigenvalue weighted by molar-refractivity contribution is 9.10. The molecule has 0 saturated carbocycles. The van der Waals surface area contributed by atoms with Crippen LogP contribution in [0.25, 0.3) is 0 Å². The highest BCUT2D eigenvalue weighted by Gasteiger charge is 2.09. The van der Waals surface area contributed by atoms with Crippen LogP contribution in [0, 0.1) is 5.82 Å². The van der Waals surface area contributed by atoms with Gasteiger partial charge in [0.1, 0.15) is 18.0 Å². The number of nitrogens with one attached hydrogen (secondary N) is 2. The maximum atomic E-state index is 12.8. The molecule has 0 aromatic heterocycles. The van der Waals surface area contributed by atoms with Crippen molar-refractivity contribution in [1.29, 1.82) is 0 Å². The maximum Gasteiger partial charge on any atom is 0.249 e. The molecule has 0 radical (unpaired) electrons. The minimum absolute atomic E-state index is 0.406. The first-order valence-electron chi connectivity index (χ1n) is 7.77. The van der Waals surface area contributed by atoms with Gasteiger partial charge < -0.3 is 10.1 Å². The molecule has 0 spiro atoms. The highest BCUT2D eigenvalue weighted by Crippen LogP contribution is 2.21. The Kier molecular flexibility index (Phi) is 7.28. The van der Waals surface area contributed by atoms with Crippen LogP contribution >= 0.6 is 15.9 Å². The zero-order valence-corrected chi connectivity index (χ0v) is 15.5. The molecule has 2 aromatic rings. The van der Waals surface area contributed by atoms with E-state index in [0.29, 0.717) is 23.6 Å². The van der Waals surface area contributed by atoms with Crippen LogP contribution in [0.3, 0.4) is 0 Å². The summed E-state index contributed by atoms with van der Waals surface area (Å²) in [6.07, 6.45) is 1.02. The molecule has 0 fully saturated rings. The molecule has 0 aliphatic rings. The van der Waals surface area contributed by atoms with Crippen LogP contribution in [0.5, 0.6) is 5.75 Å². The van der Waals surface area contributed by atoms with Gasteiger partial charge in [-0.2, -0.15) is 5.10 Å². The highest BCUT2D eigenvalue weighted by atomic mass is 79.9. The Balaban J connectivity index is 1.88. The van der Waals surface area contributed by atoms with Crippen molar-refractivity contribution in [3.05, 3.63) is 58.3 Å². The Labute approximate surface area is 158 Å². The first-order chi connectivity index (χ1) is 12.5. The third-order valence-electron chi connectivity index (χ3n) is 3.11. The molecule has 0 bridgehead atoms. The molecule has 0 aliphatic carbocycles. The summed E-state index contributed by atoms with van der Waals surface area (Å²) >= 11 is 3.36. The van der Waals surface area contributed by atoms with Crippen molar-refractivity contribution in [2.24, 2.45) is 5.10 Å². The lowest BCUT2D eigenvalue weighted by molar-refractivity contribution is -0.126. The van der Waals surface area contributed by atoms with Crippen LogP contribution in [0.4, 0.5) is 10.1 Å². The van der Waals surface area contributed by atoms with E-state index in [0.717, 1.165) is 4.47 Å². The van der Waals surface area contributed by atoms with Crippen molar-refractivity contribution in [2.45, 2.75) is 13.3 Å². The summed E-state index contributed by atoms with van der Waals surface area (Å²) in [7, 11) is 0. The normalized spacial score (nSPS) is 10.6. The molecule has 0 atom stereocenters. The number of carbonyl (C=O) groups excluding carboxylic acids is 2. The van der Waals surface area contributed by atoms with Crippen molar-refractivity contribution < 1.29 is 18.7 Å². The van der Waals surface area contributed by atoms with Gasteiger partial charge in [-0.05, 0) is 49.4 Å². The van der Waals surface area contributed by atoms with E-state index < -0.39 is 24.1 Å². The number of amides is 2. The van der Waals surface area contributed by atoms with Crippen molar-refractivity contribution >= 4 is 39.6 Å². The van der Waals surface area contributed by atoms with Gasteiger partial charge >= 0.3 is 0 Å². The molecule has 0 aliphatic heterocycles. The fourth-order valence-electron chi connectivity index (χ4n) is 2.00. The topological polar surface area (TPSA) is 79.8 Å². The molecule has 0 saturated heterocycles. The monoisotopic (exact) mass is 421 g/mol. The van der Waals surface area contributed by atoms with Crippen LogP contribution in [-0.2, 0) is 9.59 Å². The van der Waals surface area contributed by atoms with E-state index in [9.17, 15) is 14.0 Å². The number of carbonyl (C=O) groups is 2. The number of halogens is 2. The summed E-state index contributed by atoms with van der Waals surface area (Å²) in [6.45, 7) is 2.36. The van der Waals surface area contributed by atoms with Crippen LogP contribution in [0.1, 0.15) is 18.9 Å². The second-order valence-electron chi connectivity index (χ2n) is 5.14. The molecule has 0 heterocycles. The largest absolute Gasteiger partial charge is 0.493 e. The molecular formula is C18H17BrFN3O3. The molecule has 2 aromatic carbocycles. The number of hydrogen-bond acceptors (Lipinski definition) is 4. The lowest BCUT2D eigenvalue weighted by Crippen LogP contribution is -2.24. The average Bonchev–Trinajstić information content (AvgIpc) is 2.59. The molecule has 2 rings (SSSR count). The van der Waals surface area contributed by atoms with Gasteiger partial charge in [0.15, 0.2) is 0 Å². The van der Waals surface area contributed by atoms with E-state index in [4.69, 9.17) is 4.74 Å². The molecule has 136 valence electrons. The van der Waals surface area contributed by atoms with E-state index in [1.165, 1.54) is 30.5 Å². The number of anilines is 1. The van der Waals surface area contributed by atoms with Crippen molar-refractivity contribution in [2.75, 3.05) is 11.9 Å². The molecule has 8 heteroatoms. The third-order valence-corrected chi connectivity index (χ3v) is 3.61. The van der Waals surface area contributed by atoms with E-state index in [2.05, 4.69) is 31.8 Å². The summed E-state index contributed by atoms with van der Waals surface area (Å²) in [5, 5.41) is 6.34. The molecule has 2 N–H and O–H groups in total. The maximum absolute atomic E-state index is 12.8. The van der Waals surface area contributed by atoms with Crippen LogP contribution in [0.2, 0.25) is 0 Å². The predicted octanol–water partition coefficient (Wildman–Crippen LogP) is 3.47. The number of nitrogens with zero attached hydrogens (tertiary/aromatic N) is 1. The first-order valence-corrected chi connectivity index (χ1v) is 8.57. The van der Waals surface area contributed by atoms with Gasteiger partial charge in [-0.15, -0.1) is 0 Å². The van der Waals surface area contributed by atoms with Gasteiger partial charge in [0, 0.05) is 15.7 Å². The zero-order valence-electron chi connectivity index (χ0n) is 14.0. The van der Waals surface area contributed by atoms with Crippen molar-refractivity contribution in [3.63, 3.8) is 0 Å². The van der Waals surface area contributed by atoms with Crippen LogP contribution < -0.4 is 15.5 Å². The van der Waals surface area contributed by atoms with Gasteiger partial charge in [-0.1, -0.05) is 15.9 Å². The minimum Gasteiger partial charge on any atom is -0.493 e. The minimum atomic E-state index is -0.575. The lowest BCUT2D eigenvalue weighted by atomic mass is 10.2. The predicted molar refractivity (Wildman–Crippen MR) is 101 cm³/mol. The zero-order chi connectivity index (χ0) is 18.9. The number of ether oxygens (including phenoxy) is 1. The second kappa shape index (κ2) is 9.67. The Morgan fingerprint density at radius 2 is 1.92 bits per heavy atom. The molecule has 2 amide bonds. The smallest absolute Gasteiger partial charge is 0.249 e. The van der Waals surface area contributed by atoms with Gasteiger partial charge in [0.25, 0.3) is 0 Å². The van der Waals surface area contributed by atoms with Gasteiger partial charge in [0.05, 0.1) is 12.8 Å². The van der Waals surface area contributed by atoms with Crippen molar-refractivity contribution in [1.82, 2.24) is 5.43 Å². The summed E-state index contributed by atoms with van der Waals surface area (Å²) in [5.41, 5.74) is 3.37. The summed E-state index contributed by atoms with van der Waals surface area (Å²) in [5.74, 6) is -0.882. The molecule has 0 unspecified atom stereocenters. The van der Waals surface area contributed by atoms with Crippen molar-refractivity contribution in [3.8, 4) is 5.75 Å². The standard InChI is InChI=1S/C18H17BrFN3O3/c1-2-26-16-8-3-13(19)9-12(16)11-21-23-18(25)10-17(24)22-15-6-4-14(20)5-7-15/h3-9,11H,2,10H2,1H3,(H,22,24)(H,23,25). The quantitative estimate of drug-likeness (QED) is 0.408. The summed E-state index contributed by atoms with van der Waals surface area (Å²) < 4.78 is 19.1. The Morgan fingerprint density at radius 3 is 2.62 bits per heavy atom. The number of hydrazone groups is 1. The fourth-order valence-corrected chi connectivity index (χ4v) is 2.38. The number of rotatable bonds is 7.